The van der Waals surface area contributed by atoms with E-state index in [9.17, 15) is 0 Å². The van der Waals surface area contributed by atoms with Crippen molar-refractivity contribution in [2.24, 2.45) is 5.73 Å². The Bertz CT molecular complexity index is 344. The average Bonchev–Trinajstić information content (AvgIpc) is 2.24. The maximum absolute atomic E-state index is 6.09. The Hall–Kier alpha value is -0.280. The summed E-state index contributed by atoms with van der Waals surface area (Å²) in [6.07, 6.45) is 1.68. The van der Waals surface area contributed by atoms with Crippen molar-refractivity contribution in [2.45, 2.75) is 31.9 Å². The molecule has 4 heteroatoms. The zero-order valence-corrected chi connectivity index (χ0v) is 11.1. The Morgan fingerprint density at radius 1 is 1.38 bits per heavy atom. The summed E-state index contributed by atoms with van der Waals surface area (Å²) in [6.45, 7) is 2.00. The van der Waals surface area contributed by atoms with E-state index in [1.807, 2.05) is 19.1 Å². The number of methoxy groups -OCH3 is 1. The molecule has 0 aromatic heterocycles. The van der Waals surface area contributed by atoms with Crippen molar-refractivity contribution in [3.63, 3.8) is 0 Å². The van der Waals surface area contributed by atoms with Gasteiger partial charge in [-0.25, -0.2) is 0 Å². The van der Waals surface area contributed by atoms with Crippen molar-refractivity contribution in [1.82, 2.24) is 0 Å². The van der Waals surface area contributed by atoms with Crippen LogP contribution in [-0.2, 0) is 11.2 Å². The summed E-state index contributed by atoms with van der Waals surface area (Å²) in [7, 11) is 1.68. The van der Waals surface area contributed by atoms with Crippen molar-refractivity contribution >= 4 is 23.2 Å². The topological polar surface area (TPSA) is 35.2 Å². The molecule has 2 nitrogen and oxygen atoms in total. The SMILES string of the molecule is COC(C)CC(N)Cc1cccc(Cl)c1Cl. The molecule has 2 atom stereocenters. The van der Waals surface area contributed by atoms with Crippen LogP contribution in [0.5, 0.6) is 0 Å². The molecule has 1 rings (SSSR count). The zero-order valence-electron chi connectivity index (χ0n) is 9.54. The van der Waals surface area contributed by atoms with Crippen molar-refractivity contribution in [3.05, 3.63) is 33.8 Å². The molecule has 0 aliphatic carbocycles. The zero-order chi connectivity index (χ0) is 12.1. The van der Waals surface area contributed by atoms with E-state index < -0.39 is 0 Å². The van der Waals surface area contributed by atoms with Crippen LogP contribution in [0.1, 0.15) is 18.9 Å². The highest BCUT2D eigenvalue weighted by atomic mass is 35.5. The number of benzene rings is 1. The van der Waals surface area contributed by atoms with Crippen LogP contribution in [0.25, 0.3) is 0 Å². The van der Waals surface area contributed by atoms with E-state index in [0.29, 0.717) is 16.5 Å². The van der Waals surface area contributed by atoms with Crippen LogP contribution >= 0.6 is 23.2 Å². The third-order valence-electron chi connectivity index (χ3n) is 2.55. The van der Waals surface area contributed by atoms with Gasteiger partial charge in [0.1, 0.15) is 0 Å². The standard InChI is InChI=1S/C12H17Cl2NO/c1-8(16-2)6-10(15)7-9-4-3-5-11(13)12(9)14/h3-5,8,10H,6-7,15H2,1-2H3. The van der Waals surface area contributed by atoms with Gasteiger partial charge in [0.2, 0.25) is 0 Å². The Balaban J connectivity index is 2.62. The lowest BCUT2D eigenvalue weighted by Gasteiger charge is -2.17. The molecule has 0 aliphatic rings. The normalized spacial score (nSPS) is 14.8. The molecule has 0 fully saturated rings. The fourth-order valence-electron chi connectivity index (χ4n) is 1.59. The van der Waals surface area contributed by atoms with Gasteiger partial charge in [0.15, 0.2) is 0 Å². The van der Waals surface area contributed by atoms with Gasteiger partial charge in [-0.15, -0.1) is 0 Å². The van der Waals surface area contributed by atoms with Gasteiger partial charge in [-0.05, 0) is 31.4 Å². The molecule has 1 aromatic carbocycles. The third kappa shape index (κ3) is 3.95. The van der Waals surface area contributed by atoms with Crippen LogP contribution in [0, 0.1) is 0 Å². The van der Waals surface area contributed by atoms with Crippen LogP contribution in [0.15, 0.2) is 18.2 Å². The number of nitrogens with two attached hydrogens (primary N) is 1. The molecule has 2 unspecified atom stereocenters. The van der Waals surface area contributed by atoms with Crippen molar-refractivity contribution in [3.8, 4) is 0 Å². The minimum absolute atomic E-state index is 0.0333. The van der Waals surface area contributed by atoms with Gasteiger partial charge in [0, 0.05) is 13.2 Å². The minimum atomic E-state index is 0.0333. The summed E-state index contributed by atoms with van der Waals surface area (Å²) in [5.74, 6) is 0. The summed E-state index contributed by atoms with van der Waals surface area (Å²) in [5.41, 5.74) is 7.01. The lowest BCUT2D eigenvalue weighted by atomic mass is 10.0. The smallest absolute Gasteiger partial charge is 0.0624 e. The van der Waals surface area contributed by atoms with Gasteiger partial charge >= 0.3 is 0 Å². The van der Waals surface area contributed by atoms with Crippen molar-refractivity contribution < 1.29 is 4.74 Å². The first-order valence-corrected chi connectivity index (χ1v) is 6.01. The van der Waals surface area contributed by atoms with Gasteiger partial charge in [-0.1, -0.05) is 35.3 Å². The van der Waals surface area contributed by atoms with Crippen LogP contribution < -0.4 is 5.73 Å². The van der Waals surface area contributed by atoms with E-state index in [4.69, 9.17) is 33.7 Å². The summed E-state index contributed by atoms with van der Waals surface area (Å²) in [4.78, 5) is 0. The van der Waals surface area contributed by atoms with Crippen molar-refractivity contribution in [1.29, 1.82) is 0 Å². The molecule has 0 aliphatic heterocycles. The Labute approximate surface area is 107 Å². The fourth-order valence-corrected chi connectivity index (χ4v) is 1.99. The van der Waals surface area contributed by atoms with Crippen LogP contribution in [0.4, 0.5) is 0 Å². The fraction of sp³-hybridized carbons (Fsp3) is 0.500. The molecular formula is C12H17Cl2NO. The van der Waals surface area contributed by atoms with Gasteiger partial charge < -0.3 is 10.5 Å². The van der Waals surface area contributed by atoms with Crippen LogP contribution in [0.2, 0.25) is 10.0 Å². The first kappa shape index (κ1) is 13.8. The summed E-state index contributed by atoms with van der Waals surface area (Å²) in [5, 5.41) is 1.18. The number of ether oxygens (including phenoxy) is 1. The van der Waals surface area contributed by atoms with Crippen molar-refractivity contribution in [2.75, 3.05) is 7.11 Å². The Kier molecular flexibility index (Phi) is 5.56. The van der Waals surface area contributed by atoms with Gasteiger partial charge in [0.25, 0.3) is 0 Å². The summed E-state index contributed by atoms with van der Waals surface area (Å²) < 4.78 is 5.17. The molecule has 1 aromatic rings. The van der Waals surface area contributed by atoms with Gasteiger partial charge in [0.05, 0.1) is 16.1 Å². The van der Waals surface area contributed by atoms with Gasteiger partial charge in [-0.3, -0.25) is 0 Å². The predicted octanol–water partition coefficient (Wildman–Crippen LogP) is 3.29. The summed E-state index contributed by atoms with van der Waals surface area (Å²) >= 11 is 12.0. The highest BCUT2D eigenvalue weighted by molar-refractivity contribution is 6.42. The molecule has 0 spiro atoms. The average molecular weight is 262 g/mol. The number of hydrogen-bond acceptors (Lipinski definition) is 2. The number of halogens is 2. The van der Waals surface area contributed by atoms with Crippen LogP contribution in [0.3, 0.4) is 0 Å². The Morgan fingerprint density at radius 2 is 2.06 bits per heavy atom. The minimum Gasteiger partial charge on any atom is -0.382 e. The second-order valence-electron chi connectivity index (χ2n) is 3.96. The van der Waals surface area contributed by atoms with E-state index in [1.165, 1.54) is 0 Å². The molecule has 90 valence electrons. The number of hydrogen-bond donors (Lipinski definition) is 1. The molecule has 0 saturated heterocycles. The van der Waals surface area contributed by atoms with E-state index >= 15 is 0 Å². The van der Waals surface area contributed by atoms with E-state index in [0.717, 1.165) is 12.0 Å². The molecular weight excluding hydrogens is 245 g/mol. The third-order valence-corrected chi connectivity index (χ3v) is 3.41. The summed E-state index contributed by atoms with van der Waals surface area (Å²) in [6, 6.07) is 5.64. The molecule has 16 heavy (non-hydrogen) atoms. The monoisotopic (exact) mass is 261 g/mol. The predicted molar refractivity (Wildman–Crippen MR) is 69.2 cm³/mol. The lowest BCUT2D eigenvalue weighted by Crippen LogP contribution is -2.28. The molecule has 0 heterocycles. The maximum atomic E-state index is 6.09. The molecule has 0 radical (unpaired) electrons. The number of rotatable bonds is 5. The second-order valence-corrected chi connectivity index (χ2v) is 4.74. The second kappa shape index (κ2) is 6.45. The molecule has 0 amide bonds. The first-order valence-electron chi connectivity index (χ1n) is 5.25. The quantitative estimate of drug-likeness (QED) is 0.883. The molecule has 0 bridgehead atoms. The van der Waals surface area contributed by atoms with Gasteiger partial charge in [-0.2, -0.15) is 0 Å². The van der Waals surface area contributed by atoms with E-state index in [-0.39, 0.29) is 12.1 Å². The largest absolute Gasteiger partial charge is 0.382 e. The molecule has 2 N–H and O–H groups in total. The Morgan fingerprint density at radius 3 is 2.69 bits per heavy atom. The molecule has 0 saturated carbocycles. The van der Waals surface area contributed by atoms with E-state index in [1.54, 1.807) is 13.2 Å². The highest BCUT2D eigenvalue weighted by Crippen LogP contribution is 2.26. The first-order chi connectivity index (χ1) is 7.54. The maximum Gasteiger partial charge on any atom is 0.0624 e. The van der Waals surface area contributed by atoms with Crippen LogP contribution in [-0.4, -0.2) is 19.3 Å². The van der Waals surface area contributed by atoms with E-state index in [2.05, 4.69) is 0 Å². The highest BCUT2D eigenvalue weighted by Gasteiger charge is 2.12. The lowest BCUT2D eigenvalue weighted by molar-refractivity contribution is 0.104.